The van der Waals surface area contributed by atoms with E-state index in [1.807, 2.05) is 19.1 Å². The number of hydrogen-bond acceptors (Lipinski definition) is 3. The third kappa shape index (κ3) is 7.94. The molecule has 1 aromatic rings. The SMILES string of the molecule is C=C(C)C(C=C(C)C)/C=C/C(N)=C(\CC)OC1CCCC(Cc2ccccc2)O1. The number of benzene rings is 1. The Morgan fingerprint density at radius 1 is 1.24 bits per heavy atom. The molecule has 2 rings (SSSR count). The summed E-state index contributed by atoms with van der Waals surface area (Å²) in [5.41, 5.74) is 10.7. The molecule has 1 aliphatic rings. The molecule has 0 bridgehead atoms. The lowest BCUT2D eigenvalue weighted by Crippen LogP contribution is -2.31. The van der Waals surface area contributed by atoms with Crippen molar-refractivity contribution in [1.29, 1.82) is 0 Å². The van der Waals surface area contributed by atoms with Crippen molar-refractivity contribution < 1.29 is 9.47 Å². The van der Waals surface area contributed by atoms with Crippen LogP contribution >= 0.6 is 0 Å². The number of allylic oxidation sites excluding steroid dienone is 6. The fourth-order valence-corrected chi connectivity index (χ4v) is 3.51. The van der Waals surface area contributed by atoms with E-state index in [0.29, 0.717) is 5.70 Å². The molecular weight excluding hydrogens is 358 g/mol. The highest BCUT2D eigenvalue weighted by Gasteiger charge is 2.24. The molecular formula is C26H37NO2. The highest BCUT2D eigenvalue weighted by atomic mass is 16.7. The molecule has 3 atom stereocenters. The van der Waals surface area contributed by atoms with E-state index in [0.717, 1.165) is 43.4 Å². The summed E-state index contributed by atoms with van der Waals surface area (Å²) in [6.07, 6.45) is 10.9. The smallest absolute Gasteiger partial charge is 0.199 e. The van der Waals surface area contributed by atoms with Crippen LogP contribution in [0.2, 0.25) is 0 Å². The molecule has 0 saturated carbocycles. The topological polar surface area (TPSA) is 44.5 Å². The van der Waals surface area contributed by atoms with Crippen LogP contribution in [0.4, 0.5) is 0 Å². The molecule has 1 saturated heterocycles. The van der Waals surface area contributed by atoms with Gasteiger partial charge in [-0.05, 0) is 51.7 Å². The maximum atomic E-state index is 6.35. The van der Waals surface area contributed by atoms with Crippen LogP contribution in [0.1, 0.15) is 58.9 Å². The van der Waals surface area contributed by atoms with Crippen LogP contribution < -0.4 is 5.73 Å². The van der Waals surface area contributed by atoms with Gasteiger partial charge in [0.2, 0.25) is 0 Å². The molecule has 3 nitrogen and oxygen atoms in total. The fraction of sp³-hybridized carbons (Fsp3) is 0.462. The summed E-state index contributed by atoms with van der Waals surface area (Å²) < 4.78 is 12.4. The third-order valence-corrected chi connectivity index (χ3v) is 5.10. The van der Waals surface area contributed by atoms with Crippen molar-refractivity contribution in [1.82, 2.24) is 0 Å². The van der Waals surface area contributed by atoms with E-state index < -0.39 is 0 Å². The number of nitrogens with two attached hydrogens (primary N) is 1. The summed E-state index contributed by atoms with van der Waals surface area (Å²) in [5, 5.41) is 0. The molecule has 3 unspecified atom stereocenters. The lowest BCUT2D eigenvalue weighted by molar-refractivity contribution is -0.175. The average molecular weight is 396 g/mol. The minimum Gasteiger partial charge on any atom is -0.467 e. The van der Waals surface area contributed by atoms with Gasteiger partial charge in [0.1, 0.15) is 5.76 Å². The second-order valence-electron chi connectivity index (χ2n) is 8.13. The molecule has 0 amide bonds. The first-order chi connectivity index (χ1) is 13.9. The van der Waals surface area contributed by atoms with E-state index in [9.17, 15) is 0 Å². The van der Waals surface area contributed by atoms with Crippen LogP contribution in [0.15, 0.2) is 77.7 Å². The monoisotopic (exact) mass is 395 g/mol. The Balaban J connectivity index is 2.01. The Kier molecular flexibility index (Phi) is 9.27. The van der Waals surface area contributed by atoms with Crippen LogP contribution in [0.5, 0.6) is 0 Å². The van der Waals surface area contributed by atoms with Gasteiger partial charge in [0.05, 0.1) is 11.8 Å². The second kappa shape index (κ2) is 11.7. The normalized spacial score (nSPS) is 21.4. The van der Waals surface area contributed by atoms with Gasteiger partial charge in [-0.15, -0.1) is 0 Å². The number of ether oxygens (including phenoxy) is 2. The largest absolute Gasteiger partial charge is 0.467 e. The lowest BCUT2D eigenvalue weighted by atomic mass is 9.98. The summed E-state index contributed by atoms with van der Waals surface area (Å²) in [6.45, 7) is 12.4. The lowest BCUT2D eigenvalue weighted by Gasteiger charge is -2.31. The first-order valence-electron chi connectivity index (χ1n) is 10.7. The Bertz CT molecular complexity index is 741. The number of rotatable bonds is 9. The van der Waals surface area contributed by atoms with Crippen LogP contribution in [0, 0.1) is 5.92 Å². The molecule has 3 heteroatoms. The maximum absolute atomic E-state index is 6.35. The Morgan fingerprint density at radius 3 is 2.59 bits per heavy atom. The first kappa shape index (κ1) is 23.0. The van der Waals surface area contributed by atoms with Crippen LogP contribution in [0.3, 0.4) is 0 Å². The van der Waals surface area contributed by atoms with E-state index in [1.165, 1.54) is 11.1 Å². The van der Waals surface area contributed by atoms with Crippen LogP contribution in [-0.2, 0) is 15.9 Å². The fourth-order valence-electron chi connectivity index (χ4n) is 3.51. The molecule has 1 fully saturated rings. The maximum Gasteiger partial charge on any atom is 0.199 e. The van der Waals surface area contributed by atoms with Crippen molar-refractivity contribution in [3.63, 3.8) is 0 Å². The second-order valence-corrected chi connectivity index (χ2v) is 8.13. The van der Waals surface area contributed by atoms with Crippen molar-refractivity contribution in [3.05, 3.63) is 83.3 Å². The Morgan fingerprint density at radius 2 is 1.97 bits per heavy atom. The minimum atomic E-state index is -0.228. The van der Waals surface area contributed by atoms with Gasteiger partial charge in [0.25, 0.3) is 0 Å². The molecule has 0 spiro atoms. The molecule has 1 aromatic carbocycles. The molecule has 0 radical (unpaired) electrons. The summed E-state index contributed by atoms with van der Waals surface area (Å²) in [7, 11) is 0. The van der Waals surface area contributed by atoms with Crippen molar-refractivity contribution in [3.8, 4) is 0 Å². The van der Waals surface area contributed by atoms with Crippen molar-refractivity contribution in [2.75, 3.05) is 0 Å². The predicted molar refractivity (Wildman–Crippen MR) is 122 cm³/mol. The quantitative estimate of drug-likeness (QED) is 0.297. The highest BCUT2D eigenvalue weighted by Crippen LogP contribution is 2.26. The highest BCUT2D eigenvalue weighted by molar-refractivity contribution is 5.25. The van der Waals surface area contributed by atoms with E-state index in [2.05, 4.69) is 63.8 Å². The first-order valence-corrected chi connectivity index (χ1v) is 10.7. The molecule has 0 aromatic heterocycles. The van der Waals surface area contributed by atoms with Crippen molar-refractivity contribution in [2.45, 2.75) is 72.2 Å². The third-order valence-electron chi connectivity index (χ3n) is 5.10. The van der Waals surface area contributed by atoms with E-state index >= 15 is 0 Å². The van der Waals surface area contributed by atoms with Gasteiger partial charge in [0, 0.05) is 18.8 Å². The van der Waals surface area contributed by atoms with Gasteiger partial charge < -0.3 is 15.2 Å². The predicted octanol–water partition coefficient (Wildman–Crippen LogP) is 6.44. The zero-order valence-electron chi connectivity index (χ0n) is 18.5. The standard InChI is InChI=1S/C26H37NO2/c1-6-25(24(27)16-15-22(20(4)5)17-19(2)3)29-26-14-10-13-23(28-26)18-21-11-8-7-9-12-21/h7-9,11-12,15-17,22-23,26H,4,6,10,13-14,18,27H2,1-3,5H3/b16-15+,25-24-. The van der Waals surface area contributed by atoms with E-state index in [4.69, 9.17) is 15.2 Å². The van der Waals surface area contributed by atoms with E-state index in [-0.39, 0.29) is 18.3 Å². The van der Waals surface area contributed by atoms with Gasteiger partial charge in [-0.3, -0.25) is 0 Å². The van der Waals surface area contributed by atoms with Gasteiger partial charge in [0.15, 0.2) is 6.29 Å². The summed E-state index contributed by atoms with van der Waals surface area (Å²) in [6, 6.07) is 10.5. The molecule has 0 aliphatic carbocycles. The van der Waals surface area contributed by atoms with Crippen molar-refractivity contribution >= 4 is 0 Å². The zero-order valence-corrected chi connectivity index (χ0v) is 18.5. The van der Waals surface area contributed by atoms with Crippen LogP contribution in [0.25, 0.3) is 0 Å². The summed E-state index contributed by atoms with van der Waals surface area (Å²) >= 11 is 0. The minimum absolute atomic E-state index is 0.179. The van der Waals surface area contributed by atoms with Gasteiger partial charge in [-0.25, -0.2) is 0 Å². The molecule has 158 valence electrons. The molecule has 1 heterocycles. The summed E-state index contributed by atoms with van der Waals surface area (Å²) in [4.78, 5) is 0. The van der Waals surface area contributed by atoms with E-state index in [1.54, 1.807) is 0 Å². The Labute approximate surface area is 177 Å². The molecule has 29 heavy (non-hydrogen) atoms. The van der Waals surface area contributed by atoms with Crippen LogP contribution in [-0.4, -0.2) is 12.4 Å². The van der Waals surface area contributed by atoms with Crippen molar-refractivity contribution in [2.24, 2.45) is 11.7 Å². The summed E-state index contributed by atoms with van der Waals surface area (Å²) in [5.74, 6) is 0.974. The molecule has 1 aliphatic heterocycles. The van der Waals surface area contributed by atoms with Gasteiger partial charge in [-0.2, -0.15) is 0 Å². The zero-order chi connectivity index (χ0) is 21.2. The van der Waals surface area contributed by atoms with Gasteiger partial charge >= 0.3 is 0 Å². The number of hydrogen-bond donors (Lipinski definition) is 1. The average Bonchev–Trinajstić information content (AvgIpc) is 2.69. The molecule has 2 N–H and O–H groups in total. The Hall–Kier alpha value is -2.26. The van der Waals surface area contributed by atoms with Gasteiger partial charge in [-0.1, -0.05) is 67.1 Å².